The van der Waals surface area contributed by atoms with Gasteiger partial charge in [0.2, 0.25) is 21.8 Å². The first-order chi connectivity index (χ1) is 12.8. The lowest BCUT2D eigenvalue weighted by Gasteiger charge is -2.35. The molecule has 0 radical (unpaired) electrons. The number of halogens is 1. The second-order valence-corrected chi connectivity index (χ2v) is 9.56. The number of para-hydroxylation sites is 1. The largest absolute Gasteiger partial charge is 0.335 e. The van der Waals surface area contributed by atoms with Gasteiger partial charge in [-0.1, -0.05) is 25.5 Å². The summed E-state index contributed by atoms with van der Waals surface area (Å²) in [6.45, 7) is 2.02. The molecule has 1 aromatic carbocycles. The molecule has 2 rings (SSSR count). The lowest BCUT2D eigenvalue weighted by molar-refractivity contribution is -0.137. The Morgan fingerprint density at radius 3 is 2.67 bits per heavy atom. The van der Waals surface area contributed by atoms with Crippen molar-refractivity contribution in [2.45, 2.75) is 38.6 Å². The van der Waals surface area contributed by atoms with Crippen molar-refractivity contribution >= 4 is 43.5 Å². The number of carbonyl (C=O) groups excluding carboxylic acids is 2. The normalized spacial score (nSPS) is 18.1. The van der Waals surface area contributed by atoms with Crippen molar-refractivity contribution in [3.8, 4) is 0 Å². The molecule has 1 aliphatic heterocycles. The number of amides is 2. The summed E-state index contributed by atoms with van der Waals surface area (Å²) in [6, 6.07) is 6.47. The summed E-state index contributed by atoms with van der Waals surface area (Å²) in [5, 5.41) is 2.75. The molecule has 7 nitrogen and oxygen atoms in total. The first-order valence-corrected chi connectivity index (χ1v) is 11.5. The van der Waals surface area contributed by atoms with E-state index in [9.17, 15) is 18.0 Å². The molecule has 1 N–H and O–H groups in total. The molecular formula is C18H26BrN3O4S. The van der Waals surface area contributed by atoms with Gasteiger partial charge < -0.3 is 10.2 Å². The molecule has 150 valence electrons. The third-order valence-electron chi connectivity index (χ3n) is 4.46. The molecule has 27 heavy (non-hydrogen) atoms. The molecule has 0 saturated carbocycles. The maximum Gasteiger partial charge on any atom is 0.244 e. The van der Waals surface area contributed by atoms with Gasteiger partial charge in [-0.15, -0.1) is 0 Å². The fourth-order valence-corrected chi connectivity index (χ4v) is 5.28. The van der Waals surface area contributed by atoms with Crippen molar-refractivity contribution in [2.75, 3.05) is 31.2 Å². The predicted molar refractivity (Wildman–Crippen MR) is 109 cm³/mol. The Balaban J connectivity index is 2.04. The monoisotopic (exact) mass is 459 g/mol. The average Bonchev–Trinajstić information content (AvgIpc) is 2.63. The van der Waals surface area contributed by atoms with Gasteiger partial charge in [0.1, 0.15) is 6.04 Å². The van der Waals surface area contributed by atoms with E-state index in [1.807, 2.05) is 12.1 Å². The van der Waals surface area contributed by atoms with Gasteiger partial charge in [-0.05, 0) is 47.3 Å². The van der Waals surface area contributed by atoms with Gasteiger partial charge in [0, 0.05) is 18.1 Å². The number of likely N-dealkylation sites (N-methyl/N-ethyl adjacent to an activating group) is 1. The van der Waals surface area contributed by atoms with Crippen LogP contribution >= 0.6 is 15.9 Å². The summed E-state index contributed by atoms with van der Waals surface area (Å²) in [5.74, 6) is -0.642. The fraction of sp³-hybridized carbons (Fsp3) is 0.556. The summed E-state index contributed by atoms with van der Waals surface area (Å²) in [4.78, 5) is 26.4. The van der Waals surface area contributed by atoms with Gasteiger partial charge in [0.05, 0.1) is 18.0 Å². The van der Waals surface area contributed by atoms with Crippen LogP contribution in [0.1, 0.15) is 32.6 Å². The van der Waals surface area contributed by atoms with Gasteiger partial charge in [0.25, 0.3) is 0 Å². The molecule has 0 aliphatic carbocycles. The highest BCUT2D eigenvalue weighted by molar-refractivity contribution is 9.10. The van der Waals surface area contributed by atoms with Crippen LogP contribution in [0.15, 0.2) is 28.7 Å². The Hall–Kier alpha value is -1.45. The third kappa shape index (κ3) is 5.76. The molecule has 1 saturated heterocycles. The van der Waals surface area contributed by atoms with Crippen LogP contribution in [0.4, 0.5) is 5.69 Å². The highest BCUT2D eigenvalue weighted by atomic mass is 79.9. The minimum atomic E-state index is -3.46. The van der Waals surface area contributed by atoms with Crippen LogP contribution in [0.5, 0.6) is 0 Å². The van der Waals surface area contributed by atoms with Gasteiger partial charge in [0.15, 0.2) is 0 Å². The van der Waals surface area contributed by atoms with Crippen LogP contribution in [0, 0.1) is 0 Å². The molecule has 9 heteroatoms. The lowest BCUT2D eigenvalue weighted by Crippen LogP contribution is -2.53. The number of sulfonamides is 1. The number of benzene rings is 1. The molecule has 0 aromatic heterocycles. The van der Waals surface area contributed by atoms with Crippen molar-refractivity contribution in [2.24, 2.45) is 0 Å². The maximum atomic E-state index is 12.8. The van der Waals surface area contributed by atoms with Crippen molar-refractivity contribution in [3.63, 3.8) is 0 Å². The topological polar surface area (TPSA) is 86.8 Å². The van der Waals surface area contributed by atoms with Crippen molar-refractivity contribution in [3.05, 3.63) is 28.7 Å². The van der Waals surface area contributed by atoms with Gasteiger partial charge in [-0.25, -0.2) is 8.42 Å². The first kappa shape index (κ1) is 21.8. The molecule has 2 amide bonds. The number of carbonyl (C=O) groups is 2. The quantitative estimate of drug-likeness (QED) is 0.677. The number of hydrogen-bond acceptors (Lipinski definition) is 4. The Bertz CT molecular complexity index is 785. The molecule has 1 aliphatic rings. The molecule has 0 bridgehead atoms. The van der Waals surface area contributed by atoms with E-state index in [-0.39, 0.29) is 24.1 Å². The number of hydrogen-bond donors (Lipinski definition) is 1. The van der Waals surface area contributed by atoms with E-state index in [0.29, 0.717) is 25.1 Å². The smallest absolute Gasteiger partial charge is 0.244 e. The summed E-state index contributed by atoms with van der Waals surface area (Å²) in [5.41, 5.74) is 0.619. The Morgan fingerprint density at radius 2 is 2.00 bits per heavy atom. The SMILES string of the molecule is CCCS(=O)(=O)N1CCCCC1C(=O)N(C)CC(=O)Nc1ccccc1Br. The van der Waals surface area contributed by atoms with Crippen LogP contribution < -0.4 is 5.32 Å². The molecule has 1 aromatic rings. The zero-order valence-electron chi connectivity index (χ0n) is 15.7. The van der Waals surface area contributed by atoms with Gasteiger partial charge in [-0.2, -0.15) is 4.31 Å². The number of nitrogens with one attached hydrogen (secondary N) is 1. The lowest BCUT2D eigenvalue weighted by atomic mass is 10.0. The van der Waals surface area contributed by atoms with Crippen molar-refractivity contribution in [1.29, 1.82) is 0 Å². The minimum absolute atomic E-state index is 0.0308. The average molecular weight is 460 g/mol. The molecule has 1 unspecified atom stereocenters. The highest BCUT2D eigenvalue weighted by Crippen LogP contribution is 2.23. The van der Waals surface area contributed by atoms with E-state index in [0.717, 1.165) is 17.3 Å². The minimum Gasteiger partial charge on any atom is -0.335 e. The molecular weight excluding hydrogens is 434 g/mol. The number of piperidine rings is 1. The van der Waals surface area contributed by atoms with Crippen LogP contribution in [-0.4, -0.2) is 61.4 Å². The number of anilines is 1. The molecule has 1 heterocycles. The van der Waals surface area contributed by atoms with Gasteiger partial charge in [-0.3, -0.25) is 9.59 Å². The van der Waals surface area contributed by atoms with Gasteiger partial charge >= 0.3 is 0 Å². The number of nitrogens with zero attached hydrogens (tertiary/aromatic N) is 2. The van der Waals surface area contributed by atoms with E-state index >= 15 is 0 Å². The molecule has 0 spiro atoms. The van der Waals surface area contributed by atoms with Crippen LogP contribution in [0.2, 0.25) is 0 Å². The van der Waals surface area contributed by atoms with Crippen molar-refractivity contribution < 1.29 is 18.0 Å². The van der Waals surface area contributed by atoms with Crippen LogP contribution in [0.3, 0.4) is 0 Å². The Labute approximate surface area is 169 Å². The van der Waals surface area contributed by atoms with E-state index in [4.69, 9.17) is 0 Å². The first-order valence-electron chi connectivity index (χ1n) is 9.05. The zero-order chi connectivity index (χ0) is 20.0. The fourth-order valence-electron chi connectivity index (χ4n) is 3.16. The van der Waals surface area contributed by atoms with Crippen molar-refractivity contribution in [1.82, 2.24) is 9.21 Å². The third-order valence-corrected chi connectivity index (χ3v) is 7.23. The Morgan fingerprint density at radius 1 is 1.30 bits per heavy atom. The zero-order valence-corrected chi connectivity index (χ0v) is 18.1. The highest BCUT2D eigenvalue weighted by Gasteiger charge is 2.37. The summed E-state index contributed by atoms with van der Waals surface area (Å²) < 4.78 is 27.1. The molecule has 1 fully saturated rings. The second kappa shape index (κ2) is 9.66. The van der Waals surface area contributed by atoms with E-state index in [1.54, 1.807) is 19.1 Å². The summed E-state index contributed by atoms with van der Waals surface area (Å²) in [7, 11) is -1.94. The Kier molecular flexibility index (Phi) is 7.81. The molecule has 1 atom stereocenters. The maximum absolute atomic E-state index is 12.8. The van der Waals surface area contributed by atoms with E-state index in [1.165, 1.54) is 16.3 Å². The predicted octanol–water partition coefficient (Wildman–Crippen LogP) is 2.44. The van der Waals surface area contributed by atoms with E-state index in [2.05, 4.69) is 21.2 Å². The summed E-state index contributed by atoms with van der Waals surface area (Å²) >= 11 is 3.36. The second-order valence-electron chi connectivity index (χ2n) is 6.66. The number of rotatable bonds is 7. The standard InChI is InChI=1S/C18H26BrN3O4S/c1-3-12-27(25,26)22-11-7-6-10-16(22)18(24)21(2)13-17(23)20-15-9-5-4-8-14(15)19/h4-5,8-9,16H,3,6-7,10-13H2,1-2H3,(H,20,23). The van der Waals surface area contributed by atoms with E-state index < -0.39 is 16.1 Å². The summed E-state index contributed by atoms with van der Waals surface area (Å²) in [6.07, 6.45) is 2.53. The van der Waals surface area contributed by atoms with Crippen LogP contribution in [-0.2, 0) is 19.6 Å². The van der Waals surface area contributed by atoms with Crippen LogP contribution in [0.25, 0.3) is 0 Å².